The van der Waals surface area contributed by atoms with Gasteiger partial charge in [-0.15, -0.1) is 11.3 Å². The molecule has 4 aromatic rings. The lowest BCUT2D eigenvalue weighted by atomic mass is 10.1. The number of para-hydroxylation sites is 1. The van der Waals surface area contributed by atoms with E-state index in [2.05, 4.69) is 9.71 Å². The monoisotopic (exact) mass is 495 g/mol. The van der Waals surface area contributed by atoms with Crippen molar-refractivity contribution in [2.45, 2.75) is 24.8 Å². The first-order valence-electron chi connectivity index (χ1n) is 10.6. The first-order valence-corrected chi connectivity index (χ1v) is 12.9. The second kappa shape index (κ2) is 9.44. The lowest BCUT2D eigenvalue weighted by Crippen LogP contribution is -2.30. The third kappa shape index (κ3) is 4.76. The zero-order chi connectivity index (χ0) is 24.5. The topological polar surface area (TPSA) is 88.6 Å². The zero-order valence-electron chi connectivity index (χ0n) is 19.3. The zero-order valence-corrected chi connectivity index (χ0v) is 20.9. The molecule has 0 aliphatic rings. The summed E-state index contributed by atoms with van der Waals surface area (Å²) in [7, 11) is -0.922. The number of nitrogens with zero attached hydrogens (tertiary/aromatic N) is 2. The van der Waals surface area contributed by atoms with Gasteiger partial charge in [-0.1, -0.05) is 29.8 Å². The van der Waals surface area contributed by atoms with Crippen LogP contribution in [0, 0.1) is 6.92 Å². The minimum absolute atomic E-state index is 0.109. The molecule has 0 spiro atoms. The highest BCUT2D eigenvalue weighted by Crippen LogP contribution is 2.31. The van der Waals surface area contributed by atoms with Gasteiger partial charge in [-0.2, -0.15) is 0 Å². The molecule has 0 saturated carbocycles. The molecular formula is C25H25N3O4S2. The van der Waals surface area contributed by atoms with Gasteiger partial charge in [0.2, 0.25) is 0 Å². The summed E-state index contributed by atoms with van der Waals surface area (Å²) in [6.07, 6.45) is 0. The first-order chi connectivity index (χ1) is 16.2. The quantitative estimate of drug-likeness (QED) is 0.378. The number of benzene rings is 3. The Kier molecular flexibility index (Phi) is 6.58. The van der Waals surface area contributed by atoms with Crippen LogP contribution in [0.5, 0.6) is 5.75 Å². The molecule has 1 aromatic heterocycles. The van der Waals surface area contributed by atoms with E-state index in [0.717, 1.165) is 20.8 Å². The number of carbonyl (C=O) groups is 1. The Morgan fingerprint density at radius 1 is 1.09 bits per heavy atom. The number of rotatable bonds is 7. The van der Waals surface area contributed by atoms with E-state index in [1.54, 1.807) is 30.1 Å². The molecule has 34 heavy (non-hydrogen) atoms. The van der Waals surface area contributed by atoms with Crippen LogP contribution in [0.2, 0.25) is 0 Å². The van der Waals surface area contributed by atoms with Gasteiger partial charge in [-0.05, 0) is 56.3 Å². The molecule has 0 unspecified atom stereocenters. The lowest BCUT2D eigenvalue weighted by molar-refractivity contribution is 0.0742. The smallest absolute Gasteiger partial charge is 0.265 e. The number of amides is 1. The van der Waals surface area contributed by atoms with Gasteiger partial charge in [0.1, 0.15) is 15.7 Å². The molecule has 0 aliphatic carbocycles. The average molecular weight is 496 g/mol. The van der Waals surface area contributed by atoms with Crippen molar-refractivity contribution in [3.8, 4) is 5.75 Å². The van der Waals surface area contributed by atoms with Crippen molar-refractivity contribution >= 4 is 43.2 Å². The summed E-state index contributed by atoms with van der Waals surface area (Å²) in [5.41, 5.74) is 2.56. The summed E-state index contributed by atoms with van der Waals surface area (Å²) in [6, 6.07) is 18.9. The van der Waals surface area contributed by atoms with E-state index >= 15 is 0 Å². The number of anilines is 1. The summed E-state index contributed by atoms with van der Waals surface area (Å²) in [5, 5.41) is 0.805. The molecule has 1 amide bonds. The Bertz CT molecular complexity index is 1410. The predicted octanol–water partition coefficient (Wildman–Crippen LogP) is 5.25. The summed E-state index contributed by atoms with van der Waals surface area (Å²) in [5.74, 6) is -0.167. The maximum absolute atomic E-state index is 13.3. The number of methoxy groups -OCH3 is 1. The van der Waals surface area contributed by atoms with Crippen LogP contribution in [-0.4, -0.2) is 38.4 Å². The molecule has 1 N–H and O–H groups in total. The number of thiazole rings is 1. The fourth-order valence-electron chi connectivity index (χ4n) is 3.47. The van der Waals surface area contributed by atoms with E-state index in [9.17, 15) is 13.2 Å². The van der Waals surface area contributed by atoms with Crippen molar-refractivity contribution < 1.29 is 17.9 Å². The van der Waals surface area contributed by atoms with Crippen molar-refractivity contribution in [3.63, 3.8) is 0 Å². The van der Waals surface area contributed by atoms with Gasteiger partial charge in [-0.3, -0.25) is 9.52 Å². The highest BCUT2D eigenvalue weighted by Gasteiger charge is 2.26. The maximum Gasteiger partial charge on any atom is 0.265 e. The number of nitrogens with one attached hydrogen (secondary N) is 1. The molecule has 0 radical (unpaired) electrons. The largest absolute Gasteiger partial charge is 0.495 e. The number of hydrogen-bond donors (Lipinski definition) is 1. The van der Waals surface area contributed by atoms with Gasteiger partial charge in [0, 0.05) is 18.3 Å². The Balaban J connectivity index is 1.63. The minimum atomic E-state index is -4.00. The summed E-state index contributed by atoms with van der Waals surface area (Å²) < 4.78 is 35.2. The third-order valence-electron chi connectivity index (χ3n) is 5.57. The number of fused-ring (bicyclic) bond motifs is 1. The van der Waals surface area contributed by atoms with Crippen molar-refractivity contribution in [2.75, 3.05) is 18.9 Å². The summed E-state index contributed by atoms with van der Waals surface area (Å²) in [4.78, 5) is 19.4. The molecule has 0 saturated heterocycles. The van der Waals surface area contributed by atoms with Crippen LogP contribution in [0.25, 0.3) is 10.2 Å². The fourth-order valence-corrected chi connectivity index (χ4v) is 5.78. The first kappa shape index (κ1) is 23.7. The molecule has 3 aromatic carbocycles. The van der Waals surface area contributed by atoms with Crippen molar-refractivity contribution in [1.29, 1.82) is 0 Å². The second-order valence-corrected chi connectivity index (χ2v) is 10.7. The number of hydrogen-bond acceptors (Lipinski definition) is 6. The number of aryl methyl sites for hydroxylation is 1. The molecule has 7 nitrogen and oxygen atoms in total. The van der Waals surface area contributed by atoms with Crippen LogP contribution >= 0.6 is 11.3 Å². The van der Waals surface area contributed by atoms with Crippen molar-refractivity contribution in [2.24, 2.45) is 0 Å². The summed E-state index contributed by atoms with van der Waals surface area (Å²) in [6.45, 7) is 3.82. The Morgan fingerprint density at radius 2 is 1.79 bits per heavy atom. The fraction of sp³-hybridized carbons (Fsp3) is 0.200. The highest BCUT2D eigenvalue weighted by atomic mass is 32.2. The Morgan fingerprint density at radius 3 is 2.47 bits per heavy atom. The van der Waals surface area contributed by atoms with Gasteiger partial charge in [0.25, 0.3) is 15.9 Å². The normalized spacial score (nSPS) is 12.4. The van der Waals surface area contributed by atoms with Gasteiger partial charge >= 0.3 is 0 Å². The number of ether oxygens (including phenoxy) is 1. The van der Waals surface area contributed by atoms with Crippen LogP contribution in [0.15, 0.2) is 71.6 Å². The molecule has 0 fully saturated rings. The molecule has 0 aliphatic heterocycles. The van der Waals surface area contributed by atoms with Gasteiger partial charge < -0.3 is 9.64 Å². The average Bonchev–Trinajstić information content (AvgIpc) is 3.28. The molecule has 1 heterocycles. The van der Waals surface area contributed by atoms with Gasteiger partial charge in [0.05, 0.1) is 23.4 Å². The third-order valence-corrected chi connectivity index (χ3v) is 8.18. The van der Waals surface area contributed by atoms with E-state index in [1.165, 1.54) is 30.6 Å². The molecule has 0 bridgehead atoms. The van der Waals surface area contributed by atoms with Crippen LogP contribution in [0.4, 0.5) is 5.69 Å². The van der Waals surface area contributed by atoms with E-state index in [4.69, 9.17) is 4.74 Å². The maximum atomic E-state index is 13.3. The van der Waals surface area contributed by atoms with Gasteiger partial charge in [-0.25, -0.2) is 13.4 Å². The minimum Gasteiger partial charge on any atom is -0.495 e. The van der Waals surface area contributed by atoms with Crippen LogP contribution in [0.1, 0.15) is 33.9 Å². The SMILES string of the molecule is COc1ccc(C(=O)N(C)[C@H](C)c2nc3ccccc3s2)cc1S(=O)(=O)Nc1ccc(C)cc1. The molecule has 176 valence electrons. The number of sulfonamides is 1. The van der Waals surface area contributed by atoms with Crippen LogP contribution in [0.3, 0.4) is 0 Å². The lowest BCUT2D eigenvalue weighted by Gasteiger charge is -2.24. The van der Waals surface area contributed by atoms with Crippen LogP contribution in [-0.2, 0) is 10.0 Å². The standard InChI is InChI=1S/C25H25N3O4S2/c1-16-9-12-19(13-10-16)27-34(30,31)23-15-18(11-14-21(23)32-4)25(29)28(3)17(2)24-26-20-7-5-6-8-22(20)33-24/h5-15,17,27H,1-4H3/t17-/m1/s1. The Hall–Kier alpha value is -3.43. The molecule has 9 heteroatoms. The van der Waals surface area contributed by atoms with Crippen LogP contribution < -0.4 is 9.46 Å². The van der Waals surface area contributed by atoms with Crippen molar-refractivity contribution in [1.82, 2.24) is 9.88 Å². The van der Waals surface area contributed by atoms with E-state index < -0.39 is 10.0 Å². The molecular weight excluding hydrogens is 470 g/mol. The molecule has 4 rings (SSSR count). The van der Waals surface area contributed by atoms with E-state index in [1.807, 2.05) is 50.2 Å². The van der Waals surface area contributed by atoms with Gasteiger partial charge in [0.15, 0.2) is 0 Å². The van der Waals surface area contributed by atoms with E-state index in [0.29, 0.717) is 5.69 Å². The number of aromatic nitrogens is 1. The van der Waals surface area contributed by atoms with E-state index in [-0.39, 0.29) is 28.2 Å². The highest BCUT2D eigenvalue weighted by molar-refractivity contribution is 7.92. The second-order valence-electron chi connectivity index (χ2n) is 7.95. The van der Waals surface area contributed by atoms with Crippen molar-refractivity contribution in [3.05, 3.63) is 82.9 Å². The predicted molar refractivity (Wildman–Crippen MR) is 135 cm³/mol. The molecule has 1 atom stereocenters. The Labute approximate surface area is 203 Å². The summed E-state index contributed by atoms with van der Waals surface area (Å²) >= 11 is 1.53. The number of carbonyl (C=O) groups excluding carboxylic acids is 1.